The Bertz CT molecular complexity index is 643. The summed E-state index contributed by atoms with van der Waals surface area (Å²) >= 11 is 0. The summed E-state index contributed by atoms with van der Waals surface area (Å²) in [5.74, 6) is -1.07. The van der Waals surface area contributed by atoms with E-state index in [0.717, 1.165) is 6.26 Å². The molecule has 0 unspecified atom stereocenters. The van der Waals surface area contributed by atoms with Crippen LogP contribution in [0.3, 0.4) is 0 Å². The number of carboxylic acids is 1. The second kappa shape index (κ2) is 13.7. The van der Waals surface area contributed by atoms with Crippen LogP contribution < -0.4 is 0 Å². The van der Waals surface area contributed by atoms with Gasteiger partial charge in [-0.2, -0.15) is 0 Å². The fraction of sp³-hybridized carbons (Fsp3) is 0.125. The zero-order chi connectivity index (χ0) is 23.6. The minimum absolute atomic E-state index is 0. The monoisotopic (exact) mass is 469 g/mol. The van der Waals surface area contributed by atoms with Crippen LogP contribution >= 0.6 is 0 Å². The molecule has 0 aliphatic heterocycles. The van der Waals surface area contributed by atoms with Gasteiger partial charge in [0.25, 0.3) is 0 Å². The Morgan fingerprint density at radius 3 is 1.07 bits per heavy atom. The van der Waals surface area contributed by atoms with Gasteiger partial charge in [0.15, 0.2) is 9.84 Å². The van der Waals surface area contributed by atoms with Gasteiger partial charge in [0.2, 0.25) is 0 Å². The van der Waals surface area contributed by atoms with E-state index in [4.69, 9.17) is 5.11 Å². The average molecular weight is 469 g/mol. The van der Waals surface area contributed by atoms with Crippen LogP contribution in [0.25, 0.3) is 0 Å². The van der Waals surface area contributed by atoms with E-state index >= 15 is 0 Å². The summed E-state index contributed by atoms with van der Waals surface area (Å²) in [4.78, 5) is 10.5. The molecule has 1 N–H and O–H groups in total. The number of halogens is 12. The van der Waals surface area contributed by atoms with Crippen molar-refractivity contribution < 1.29 is 70.1 Å². The molecule has 1 aromatic carbocycles. The van der Waals surface area contributed by atoms with Gasteiger partial charge < -0.3 is 56.9 Å². The van der Waals surface area contributed by atoms with Crippen molar-refractivity contribution in [3.63, 3.8) is 0 Å². The second-order valence-electron chi connectivity index (χ2n) is 4.09. The van der Waals surface area contributed by atoms with Crippen molar-refractivity contribution in [3.8, 4) is 0 Å². The van der Waals surface area contributed by atoms with Crippen LogP contribution in [0.5, 0.6) is 0 Å². The summed E-state index contributed by atoms with van der Waals surface area (Å²) in [6.07, 6.45) is 1.07. The molecule has 0 amide bonds. The van der Waals surface area contributed by atoms with E-state index in [1.807, 2.05) is 0 Å². The molecule has 29 heavy (non-hydrogen) atoms. The number of aromatic carboxylic acids is 1. The normalized spacial score (nSPS) is 11.2. The number of rotatable bonds is 2. The number of hydrogen-bond acceptors (Lipinski definition) is 3. The predicted molar refractivity (Wildman–Crippen MR) is 84.2 cm³/mol. The van der Waals surface area contributed by atoms with E-state index < -0.39 is 37.6 Å². The fourth-order valence-electron chi connectivity index (χ4n) is 0.845. The van der Waals surface area contributed by atoms with Crippen molar-refractivity contribution in [2.45, 2.75) is 4.90 Å². The Labute approximate surface area is 168 Å². The van der Waals surface area contributed by atoms with Gasteiger partial charge in [0.1, 0.15) is 0 Å². The summed E-state index contributed by atoms with van der Waals surface area (Å²) in [5, 5.41) is 8.53. The molecule has 21 heteroatoms. The van der Waals surface area contributed by atoms with E-state index in [-0.39, 0.29) is 29.3 Å². The van der Waals surface area contributed by atoms with Crippen LogP contribution in [0.15, 0.2) is 29.2 Å². The van der Waals surface area contributed by atoms with Crippen LogP contribution in [-0.2, 0) is 9.84 Å². The third-order valence-corrected chi connectivity index (χ3v) is 2.66. The molecule has 0 aromatic heterocycles. The number of hydrogen-bond donors (Lipinski definition) is 1. The number of carboxylic acid groups (broad SMARTS) is 1. The molecule has 0 fully saturated rings. The van der Waals surface area contributed by atoms with Crippen LogP contribution in [-0.4, -0.2) is 66.4 Å². The van der Waals surface area contributed by atoms with Crippen molar-refractivity contribution in [1.82, 2.24) is 0 Å². The Morgan fingerprint density at radius 1 is 0.724 bits per heavy atom. The summed E-state index contributed by atoms with van der Waals surface area (Å²) in [6.45, 7) is 0. The van der Waals surface area contributed by atoms with Crippen LogP contribution in [0.2, 0.25) is 0 Å². The molecule has 1 rings (SSSR count). The second-order valence-corrected chi connectivity index (χ2v) is 6.10. The van der Waals surface area contributed by atoms with Crippen molar-refractivity contribution in [1.29, 1.82) is 0 Å². The van der Waals surface area contributed by atoms with Gasteiger partial charge in [0, 0.05) is 6.26 Å². The van der Waals surface area contributed by atoms with Gasteiger partial charge in [-0.3, -0.25) is 0 Å². The summed E-state index contributed by atoms with van der Waals surface area (Å²) in [6, 6.07) is 5.08. The van der Waals surface area contributed by atoms with E-state index in [0.29, 0.717) is 0 Å². The van der Waals surface area contributed by atoms with E-state index in [1.54, 1.807) is 0 Å². The first-order chi connectivity index (χ1) is 11.9. The maximum absolute atomic E-state index is 11.0. The van der Waals surface area contributed by atoms with Crippen LogP contribution in [0.1, 0.15) is 10.4 Å². The first kappa shape index (κ1) is 35.1. The molecule has 0 aliphatic carbocycles. The molecule has 0 saturated carbocycles. The van der Waals surface area contributed by atoms with E-state index in [9.17, 15) is 65.0 Å². The quantitative estimate of drug-likeness (QED) is 0.525. The molecule has 0 heterocycles. The van der Waals surface area contributed by atoms with E-state index in [1.165, 1.54) is 24.3 Å². The predicted octanol–water partition coefficient (Wildman–Crippen LogP) is 4.04. The molecule has 4 nitrogen and oxygen atoms in total. The SMILES string of the molecule is CS(=O)(=O)c1ccc(C(=O)O)cc1.F[B-](F)(F)F.F[B-](F)(F)F.F[B-](F)(F)F.[LiH]. The maximum atomic E-state index is 11.0. The van der Waals surface area contributed by atoms with Crippen molar-refractivity contribution in [3.05, 3.63) is 29.8 Å². The van der Waals surface area contributed by atoms with Gasteiger partial charge >= 0.3 is 46.6 Å². The number of sulfone groups is 1. The Kier molecular flexibility index (Phi) is 16.6. The molecule has 0 radical (unpaired) electrons. The summed E-state index contributed by atoms with van der Waals surface area (Å²) in [7, 11) is -21.2. The number of carbonyl (C=O) groups is 1. The molecule has 0 atom stereocenters. The third-order valence-electron chi connectivity index (χ3n) is 1.53. The van der Waals surface area contributed by atoms with Gasteiger partial charge in [0.05, 0.1) is 10.5 Å². The fourth-order valence-corrected chi connectivity index (χ4v) is 1.48. The third kappa shape index (κ3) is 46.5. The molecular formula is C8H9B3F12LiO4S-3. The Morgan fingerprint density at radius 2 is 0.931 bits per heavy atom. The molecule has 0 aliphatic rings. The van der Waals surface area contributed by atoms with Crippen molar-refractivity contribution in [2.75, 3.05) is 6.26 Å². The zero-order valence-electron chi connectivity index (χ0n) is 13.2. The molecule has 0 bridgehead atoms. The van der Waals surface area contributed by atoms with Gasteiger partial charge in [-0.1, -0.05) is 0 Å². The Balaban J connectivity index is -0.000000164. The molecular weight excluding hydrogens is 460 g/mol. The number of benzene rings is 1. The summed E-state index contributed by atoms with van der Waals surface area (Å²) in [5.41, 5.74) is 0.0763. The Hall–Kier alpha value is -1.41. The van der Waals surface area contributed by atoms with Crippen molar-refractivity contribution in [2.24, 2.45) is 0 Å². The van der Waals surface area contributed by atoms with Crippen LogP contribution in [0, 0.1) is 0 Å². The van der Waals surface area contributed by atoms with Crippen LogP contribution in [0.4, 0.5) is 51.8 Å². The molecule has 168 valence electrons. The standard InChI is InChI=1S/C8H8O4S.3BF4.Li.H/c1-13(11,12)7-4-2-6(3-5-7)8(9)10;3*2-1(3,4)5;;/h2-5H,1H3,(H,9,10);;;;;/q;3*-1;;. The average Bonchev–Trinajstić information content (AvgIpc) is 2.31. The topological polar surface area (TPSA) is 71.4 Å². The van der Waals surface area contributed by atoms with Gasteiger partial charge in [-0.25, -0.2) is 13.2 Å². The first-order valence-corrected chi connectivity index (χ1v) is 7.95. The first-order valence-electron chi connectivity index (χ1n) is 6.06. The minimum atomic E-state index is -6.00. The van der Waals surface area contributed by atoms with Gasteiger partial charge in [-0.15, -0.1) is 0 Å². The van der Waals surface area contributed by atoms with Crippen molar-refractivity contribution >= 4 is 56.4 Å². The van der Waals surface area contributed by atoms with E-state index in [2.05, 4.69) is 0 Å². The molecule has 0 saturated heterocycles. The zero-order valence-corrected chi connectivity index (χ0v) is 14.0. The molecule has 1 aromatic rings. The summed E-state index contributed by atoms with van der Waals surface area (Å²) < 4.78 is 139. The molecule has 0 spiro atoms. The van der Waals surface area contributed by atoms with Gasteiger partial charge in [-0.05, 0) is 24.3 Å².